The number of nitrogens with zero attached hydrogens (tertiary/aromatic N) is 3. The Kier molecular flexibility index (Phi) is 4.99. The maximum Gasteiger partial charge on any atom is 0.278 e. The number of hydrogen-bond acceptors (Lipinski definition) is 5. The Morgan fingerprint density at radius 2 is 1.78 bits per heavy atom. The summed E-state index contributed by atoms with van der Waals surface area (Å²) in [5.74, 6) is -2.49. The third-order valence-corrected chi connectivity index (χ3v) is 9.81. The number of carbonyl (C=O) groups is 1. The summed E-state index contributed by atoms with van der Waals surface area (Å²) in [6.45, 7) is 0.191. The SMILES string of the molecule is O=C1c2c(O)c(=O)ccn2N([C@@H]2c3ccccc3SCc3c2ccc(F)c3F)CN1C1CC2(CCC2)C1. The van der Waals surface area contributed by atoms with E-state index in [-0.39, 0.29) is 35.6 Å². The summed E-state index contributed by atoms with van der Waals surface area (Å²) < 4.78 is 31.0. The molecule has 3 aromatic rings. The summed E-state index contributed by atoms with van der Waals surface area (Å²) in [6.07, 6.45) is 6.84. The van der Waals surface area contributed by atoms with E-state index >= 15 is 4.39 Å². The molecule has 0 bridgehead atoms. The molecule has 1 N–H and O–H groups in total. The van der Waals surface area contributed by atoms with Crippen molar-refractivity contribution in [1.82, 2.24) is 9.58 Å². The molecule has 1 amide bonds. The molecule has 1 aromatic heterocycles. The van der Waals surface area contributed by atoms with Crippen molar-refractivity contribution in [3.63, 3.8) is 0 Å². The van der Waals surface area contributed by atoms with Crippen LogP contribution in [-0.2, 0) is 5.75 Å². The first-order chi connectivity index (χ1) is 17.9. The number of halogens is 2. The zero-order valence-electron chi connectivity index (χ0n) is 20.0. The van der Waals surface area contributed by atoms with Crippen molar-refractivity contribution in [1.29, 1.82) is 0 Å². The van der Waals surface area contributed by atoms with Crippen molar-refractivity contribution in [2.75, 3.05) is 11.7 Å². The number of fused-ring (bicyclic) bond motifs is 3. The molecule has 9 heteroatoms. The molecule has 0 radical (unpaired) electrons. The highest BCUT2D eigenvalue weighted by molar-refractivity contribution is 7.98. The maximum absolute atomic E-state index is 15.1. The van der Waals surface area contributed by atoms with Crippen molar-refractivity contribution in [3.05, 3.63) is 92.9 Å². The highest BCUT2D eigenvalue weighted by atomic mass is 32.2. The van der Waals surface area contributed by atoms with E-state index < -0.39 is 28.9 Å². The number of benzene rings is 2. The first kappa shape index (κ1) is 22.8. The lowest BCUT2D eigenvalue weighted by molar-refractivity contribution is -0.0498. The van der Waals surface area contributed by atoms with E-state index in [2.05, 4.69) is 0 Å². The Hall–Kier alpha value is -3.33. The van der Waals surface area contributed by atoms with Gasteiger partial charge in [0.2, 0.25) is 5.43 Å². The molecule has 2 aliphatic carbocycles. The fourth-order valence-corrected chi connectivity index (χ4v) is 7.69. The lowest BCUT2D eigenvalue weighted by Crippen LogP contribution is -2.63. The average molecular weight is 522 g/mol. The van der Waals surface area contributed by atoms with Crippen molar-refractivity contribution in [2.45, 2.75) is 54.8 Å². The van der Waals surface area contributed by atoms with E-state index in [1.807, 2.05) is 29.3 Å². The third kappa shape index (κ3) is 3.29. The summed E-state index contributed by atoms with van der Waals surface area (Å²) in [5.41, 5.74) is 1.35. The molecule has 1 atom stereocenters. The van der Waals surface area contributed by atoms with Crippen LogP contribution in [0.3, 0.4) is 0 Å². The first-order valence-corrected chi connectivity index (χ1v) is 13.6. The standard InChI is InChI=1S/C28H25F2N3O3S/c29-20-7-6-17-19(23(20)30)14-37-22-5-2-1-4-18(22)24(17)33-15-31(16-12-28(13-16)9-3-10-28)27(36)25-26(35)21(34)8-11-32(25)33/h1-2,4-8,11,16,24,35H,3,9-10,12-15H2/t24-/m0/s1. The number of aromatic hydroxyl groups is 1. The zero-order chi connectivity index (χ0) is 25.5. The molecule has 2 saturated carbocycles. The minimum absolute atomic E-state index is 0.00132. The van der Waals surface area contributed by atoms with E-state index in [4.69, 9.17) is 0 Å². The Labute approximate surface area is 216 Å². The van der Waals surface area contributed by atoms with Gasteiger partial charge in [-0.05, 0) is 54.4 Å². The lowest BCUT2D eigenvalue weighted by atomic mass is 9.54. The van der Waals surface area contributed by atoms with Crippen LogP contribution in [0.1, 0.15) is 65.3 Å². The molecular formula is C28H25F2N3O3S. The molecule has 4 aliphatic rings. The molecule has 37 heavy (non-hydrogen) atoms. The second-order valence-electron chi connectivity index (χ2n) is 10.7. The number of carbonyl (C=O) groups excluding carboxylic acids is 1. The van der Waals surface area contributed by atoms with Gasteiger partial charge in [-0.3, -0.25) is 19.3 Å². The Bertz CT molecular complexity index is 1510. The van der Waals surface area contributed by atoms with Crippen LogP contribution in [0.15, 0.2) is 58.4 Å². The van der Waals surface area contributed by atoms with Gasteiger partial charge in [-0.15, -0.1) is 11.8 Å². The fourth-order valence-electron chi connectivity index (χ4n) is 6.57. The van der Waals surface area contributed by atoms with E-state index in [0.717, 1.165) is 29.4 Å². The van der Waals surface area contributed by atoms with Gasteiger partial charge in [0, 0.05) is 34.5 Å². The van der Waals surface area contributed by atoms with E-state index in [0.29, 0.717) is 11.0 Å². The summed E-state index contributed by atoms with van der Waals surface area (Å²) in [6, 6.07) is 11.1. The fraction of sp³-hybridized carbons (Fsp3) is 0.357. The maximum atomic E-state index is 15.1. The van der Waals surface area contributed by atoms with Gasteiger partial charge in [0.15, 0.2) is 23.1 Å². The molecule has 3 heterocycles. The quantitative estimate of drug-likeness (QED) is 0.519. The van der Waals surface area contributed by atoms with Gasteiger partial charge >= 0.3 is 0 Å². The van der Waals surface area contributed by atoms with Gasteiger partial charge < -0.3 is 10.0 Å². The summed E-state index contributed by atoms with van der Waals surface area (Å²) in [7, 11) is 0. The van der Waals surface area contributed by atoms with Crippen LogP contribution in [0.2, 0.25) is 0 Å². The molecular weight excluding hydrogens is 496 g/mol. The predicted octanol–water partition coefficient (Wildman–Crippen LogP) is 4.91. The number of aromatic nitrogens is 1. The number of amides is 1. The van der Waals surface area contributed by atoms with Crippen LogP contribution in [0.5, 0.6) is 5.75 Å². The predicted molar refractivity (Wildman–Crippen MR) is 135 cm³/mol. The molecule has 6 nitrogen and oxygen atoms in total. The Morgan fingerprint density at radius 1 is 1.00 bits per heavy atom. The largest absolute Gasteiger partial charge is 0.502 e. The van der Waals surface area contributed by atoms with Crippen molar-refractivity contribution >= 4 is 17.7 Å². The molecule has 7 rings (SSSR count). The van der Waals surface area contributed by atoms with Gasteiger partial charge in [0.1, 0.15) is 6.67 Å². The highest BCUT2D eigenvalue weighted by Gasteiger charge is 2.53. The van der Waals surface area contributed by atoms with Crippen LogP contribution in [-0.4, -0.2) is 33.3 Å². The zero-order valence-corrected chi connectivity index (χ0v) is 20.8. The van der Waals surface area contributed by atoms with Crippen molar-refractivity contribution in [2.24, 2.45) is 5.41 Å². The lowest BCUT2D eigenvalue weighted by Gasteiger charge is -2.58. The van der Waals surface area contributed by atoms with E-state index in [1.54, 1.807) is 11.0 Å². The number of rotatable bonds is 2. The van der Waals surface area contributed by atoms with Crippen LogP contribution < -0.4 is 10.4 Å². The molecule has 0 unspecified atom stereocenters. The monoisotopic (exact) mass is 521 g/mol. The van der Waals surface area contributed by atoms with Gasteiger partial charge in [-0.25, -0.2) is 8.78 Å². The molecule has 2 fully saturated rings. The second kappa shape index (κ2) is 8.08. The summed E-state index contributed by atoms with van der Waals surface area (Å²) >= 11 is 1.44. The number of thioether (sulfide) groups is 1. The molecule has 2 aliphatic heterocycles. The Morgan fingerprint density at radius 3 is 2.54 bits per heavy atom. The molecule has 0 saturated heterocycles. The first-order valence-electron chi connectivity index (χ1n) is 12.6. The normalized spacial score (nSPS) is 22.0. The highest BCUT2D eigenvalue weighted by Crippen LogP contribution is 2.57. The summed E-state index contributed by atoms with van der Waals surface area (Å²) in [5, 5.41) is 12.7. The molecule has 2 aromatic carbocycles. The van der Waals surface area contributed by atoms with Gasteiger partial charge in [0.05, 0.1) is 6.04 Å². The topological polar surface area (TPSA) is 65.8 Å². The number of pyridine rings is 1. The molecule has 1 spiro atoms. The Balaban J connectivity index is 1.42. The molecule has 190 valence electrons. The third-order valence-electron chi connectivity index (χ3n) is 8.69. The van der Waals surface area contributed by atoms with E-state index in [1.165, 1.54) is 48.0 Å². The van der Waals surface area contributed by atoms with Crippen LogP contribution >= 0.6 is 11.8 Å². The van der Waals surface area contributed by atoms with Crippen LogP contribution in [0.4, 0.5) is 8.78 Å². The summed E-state index contributed by atoms with van der Waals surface area (Å²) in [4.78, 5) is 28.8. The van der Waals surface area contributed by atoms with Gasteiger partial charge in [-0.1, -0.05) is 30.7 Å². The number of hydrogen-bond donors (Lipinski definition) is 1. The van der Waals surface area contributed by atoms with Crippen LogP contribution in [0, 0.1) is 17.0 Å². The van der Waals surface area contributed by atoms with Crippen LogP contribution in [0.25, 0.3) is 0 Å². The smallest absolute Gasteiger partial charge is 0.278 e. The minimum Gasteiger partial charge on any atom is -0.502 e. The minimum atomic E-state index is -0.901. The van der Waals surface area contributed by atoms with Gasteiger partial charge in [-0.2, -0.15) is 0 Å². The van der Waals surface area contributed by atoms with Crippen molar-refractivity contribution in [3.8, 4) is 5.75 Å². The average Bonchev–Trinajstić information content (AvgIpc) is 3.00. The van der Waals surface area contributed by atoms with E-state index in [9.17, 15) is 19.1 Å². The van der Waals surface area contributed by atoms with Gasteiger partial charge in [0.25, 0.3) is 5.91 Å². The second-order valence-corrected chi connectivity index (χ2v) is 11.7. The van der Waals surface area contributed by atoms with Crippen molar-refractivity contribution < 1.29 is 18.7 Å².